The van der Waals surface area contributed by atoms with Crippen molar-refractivity contribution in [3.63, 3.8) is 0 Å². The van der Waals surface area contributed by atoms with Gasteiger partial charge in [0.15, 0.2) is 11.0 Å². The molecule has 5 nitrogen and oxygen atoms in total. The third kappa shape index (κ3) is 2.93. The molecule has 0 aliphatic rings. The lowest BCUT2D eigenvalue weighted by molar-refractivity contribution is -0.124. The number of methoxy groups -OCH3 is 1. The van der Waals surface area contributed by atoms with E-state index in [2.05, 4.69) is 15.5 Å². The Morgan fingerprint density at radius 1 is 1.57 bits per heavy atom. The van der Waals surface area contributed by atoms with E-state index in [0.717, 1.165) is 0 Å². The van der Waals surface area contributed by atoms with Crippen molar-refractivity contribution in [3.8, 4) is 0 Å². The molecule has 14 heavy (non-hydrogen) atoms. The molecule has 76 valence electrons. The second kappa shape index (κ2) is 4.88. The molecule has 1 atom stereocenters. The molecule has 1 amide bonds. The minimum Gasteiger partial charge on any atom is -0.372 e. The van der Waals surface area contributed by atoms with E-state index in [0.29, 0.717) is 5.82 Å². The predicted molar refractivity (Wildman–Crippen MR) is 52.1 cm³/mol. The molecule has 1 aromatic heterocycles. The number of nitrogens with one attached hydrogen (secondary N) is 1. The van der Waals surface area contributed by atoms with Gasteiger partial charge in [0.1, 0.15) is 6.10 Å². The molecule has 0 spiro atoms. The van der Waals surface area contributed by atoms with Crippen LogP contribution < -0.4 is 5.32 Å². The van der Waals surface area contributed by atoms with Crippen molar-refractivity contribution in [1.82, 2.24) is 10.2 Å². The largest absolute Gasteiger partial charge is 0.372 e. The Morgan fingerprint density at radius 3 is 2.79 bits per heavy atom. The number of hydrogen-bond donors (Lipinski definition) is 1. The summed E-state index contributed by atoms with van der Waals surface area (Å²) in [7, 11) is 1.46. The summed E-state index contributed by atoms with van der Waals surface area (Å²) in [5, 5.41) is 10.0. The van der Waals surface area contributed by atoms with Crippen LogP contribution in [0.25, 0.3) is 0 Å². The van der Waals surface area contributed by atoms with Crippen LogP contribution in [-0.2, 0) is 9.53 Å². The van der Waals surface area contributed by atoms with Crippen molar-refractivity contribution in [2.75, 3.05) is 12.4 Å². The Hall–Kier alpha value is -1.20. The van der Waals surface area contributed by atoms with Gasteiger partial charge in [0.25, 0.3) is 5.91 Å². The summed E-state index contributed by atoms with van der Waals surface area (Å²) in [6.45, 7) is 1.64. The predicted octanol–water partition coefficient (Wildman–Crippen LogP) is 1.10. The van der Waals surface area contributed by atoms with Gasteiger partial charge in [0.2, 0.25) is 0 Å². The molecule has 0 aromatic carbocycles. The van der Waals surface area contributed by atoms with E-state index in [1.54, 1.807) is 19.1 Å². The molecule has 0 saturated heterocycles. The first-order valence-electron chi connectivity index (χ1n) is 3.96. The second-order valence-corrected chi connectivity index (χ2v) is 3.00. The molecule has 0 aliphatic carbocycles. The number of halogens is 1. The van der Waals surface area contributed by atoms with E-state index in [4.69, 9.17) is 16.3 Å². The van der Waals surface area contributed by atoms with Crippen LogP contribution >= 0.6 is 11.6 Å². The minimum absolute atomic E-state index is 0.274. The van der Waals surface area contributed by atoms with Crippen molar-refractivity contribution in [2.45, 2.75) is 13.0 Å². The van der Waals surface area contributed by atoms with E-state index < -0.39 is 6.10 Å². The van der Waals surface area contributed by atoms with Gasteiger partial charge in [-0.3, -0.25) is 4.79 Å². The fourth-order valence-electron chi connectivity index (χ4n) is 0.718. The zero-order chi connectivity index (χ0) is 10.6. The van der Waals surface area contributed by atoms with Crippen molar-refractivity contribution >= 4 is 23.3 Å². The van der Waals surface area contributed by atoms with E-state index >= 15 is 0 Å². The monoisotopic (exact) mass is 215 g/mol. The molecule has 0 aliphatic heterocycles. The first kappa shape index (κ1) is 10.9. The van der Waals surface area contributed by atoms with Gasteiger partial charge in [-0.2, -0.15) is 0 Å². The zero-order valence-corrected chi connectivity index (χ0v) is 8.58. The Morgan fingerprint density at radius 2 is 2.29 bits per heavy atom. The van der Waals surface area contributed by atoms with Crippen molar-refractivity contribution in [2.24, 2.45) is 0 Å². The van der Waals surface area contributed by atoms with Crippen molar-refractivity contribution < 1.29 is 9.53 Å². The number of nitrogens with zero attached hydrogens (tertiary/aromatic N) is 2. The first-order valence-corrected chi connectivity index (χ1v) is 4.34. The molecule has 0 radical (unpaired) electrons. The summed E-state index contributed by atoms with van der Waals surface area (Å²) in [5.41, 5.74) is 0. The Kier molecular flexibility index (Phi) is 3.79. The maximum Gasteiger partial charge on any atom is 0.254 e. The van der Waals surface area contributed by atoms with E-state index in [9.17, 15) is 4.79 Å². The maximum atomic E-state index is 11.3. The standard InChI is InChI=1S/C8H10ClN3O2/c1-5(14-2)8(13)10-7-4-3-6(9)11-12-7/h3-5H,1-2H3,(H,10,12,13). The van der Waals surface area contributed by atoms with Gasteiger partial charge in [-0.05, 0) is 19.1 Å². The molecule has 6 heteroatoms. The summed E-state index contributed by atoms with van der Waals surface area (Å²) >= 11 is 5.53. The van der Waals surface area contributed by atoms with Crippen LogP contribution in [0, 0.1) is 0 Å². The third-order valence-corrected chi connectivity index (χ3v) is 1.81. The number of aromatic nitrogens is 2. The van der Waals surface area contributed by atoms with E-state index in [1.165, 1.54) is 7.11 Å². The molecule has 1 rings (SSSR count). The van der Waals surface area contributed by atoms with Crippen LogP contribution in [0.1, 0.15) is 6.92 Å². The van der Waals surface area contributed by atoms with Crippen molar-refractivity contribution in [1.29, 1.82) is 0 Å². The Bertz CT molecular complexity index is 315. The van der Waals surface area contributed by atoms with Gasteiger partial charge in [-0.1, -0.05) is 11.6 Å². The van der Waals surface area contributed by atoms with Crippen LogP contribution in [0.15, 0.2) is 12.1 Å². The summed E-state index contributed by atoms with van der Waals surface area (Å²) in [6, 6.07) is 3.11. The molecular formula is C8H10ClN3O2. The molecular weight excluding hydrogens is 206 g/mol. The highest BCUT2D eigenvalue weighted by molar-refractivity contribution is 6.29. The van der Waals surface area contributed by atoms with Crippen LogP contribution in [0.2, 0.25) is 5.15 Å². The summed E-state index contributed by atoms with van der Waals surface area (Å²) in [6.07, 6.45) is -0.521. The quantitative estimate of drug-likeness (QED) is 0.820. The van der Waals surface area contributed by atoms with Crippen LogP contribution in [-0.4, -0.2) is 29.3 Å². The number of carbonyl (C=O) groups excluding carboxylic acids is 1. The van der Waals surface area contributed by atoms with Gasteiger partial charge in [0.05, 0.1) is 0 Å². The van der Waals surface area contributed by atoms with Gasteiger partial charge >= 0.3 is 0 Å². The van der Waals surface area contributed by atoms with E-state index in [1.807, 2.05) is 0 Å². The maximum absolute atomic E-state index is 11.3. The molecule has 0 fully saturated rings. The number of rotatable bonds is 3. The number of carbonyl (C=O) groups is 1. The topological polar surface area (TPSA) is 64.1 Å². The van der Waals surface area contributed by atoms with Crippen LogP contribution in [0.4, 0.5) is 5.82 Å². The van der Waals surface area contributed by atoms with E-state index in [-0.39, 0.29) is 11.1 Å². The molecule has 0 bridgehead atoms. The third-order valence-electron chi connectivity index (χ3n) is 1.61. The summed E-state index contributed by atoms with van der Waals surface area (Å²) < 4.78 is 4.82. The lowest BCUT2D eigenvalue weighted by Crippen LogP contribution is -2.27. The highest BCUT2D eigenvalue weighted by Crippen LogP contribution is 2.06. The smallest absolute Gasteiger partial charge is 0.254 e. The van der Waals surface area contributed by atoms with Crippen molar-refractivity contribution in [3.05, 3.63) is 17.3 Å². The number of ether oxygens (including phenoxy) is 1. The fourth-order valence-corrected chi connectivity index (χ4v) is 0.818. The van der Waals surface area contributed by atoms with Gasteiger partial charge in [-0.25, -0.2) is 0 Å². The highest BCUT2D eigenvalue weighted by Gasteiger charge is 2.11. The normalized spacial score (nSPS) is 12.2. The average molecular weight is 216 g/mol. The molecule has 1 aromatic rings. The summed E-state index contributed by atoms with van der Waals surface area (Å²) in [5.74, 6) is 0.0763. The summed E-state index contributed by atoms with van der Waals surface area (Å²) in [4.78, 5) is 11.3. The number of amides is 1. The Labute approximate surface area is 86.4 Å². The second-order valence-electron chi connectivity index (χ2n) is 2.61. The SMILES string of the molecule is COC(C)C(=O)Nc1ccc(Cl)nn1. The van der Waals surface area contributed by atoms with Gasteiger partial charge in [0, 0.05) is 7.11 Å². The molecule has 0 saturated carbocycles. The average Bonchev–Trinajstić information content (AvgIpc) is 2.20. The lowest BCUT2D eigenvalue weighted by Gasteiger charge is -2.08. The number of anilines is 1. The zero-order valence-electron chi connectivity index (χ0n) is 7.82. The van der Waals surface area contributed by atoms with Crippen LogP contribution in [0.3, 0.4) is 0 Å². The van der Waals surface area contributed by atoms with Crippen LogP contribution in [0.5, 0.6) is 0 Å². The lowest BCUT2D eigenvalue weighted by atomic mass is 10.4. The van der Waals surface area contributed by atoms with Gasteiger partial charge < -0.3 is 10.1 Å². The highest BCUT2D eigenvalue weighted by atomic mass is 35.5. The first-order chi connectivity index (χ1) is 6.63. The Balaban J connectivity index is 2.60. The van der Waals surface area contributed by atoms with Gasteiger partial charge in [-0.15, -0.1) is 10.2 Å². The molecule has 1 unspecified atom stereocenters. The fraction of sp³-hybridized carbons (Fsp3) is 0.375. The molecule has 1 N–H and O–H groups in total. The minimum atomic E-state index is -0.521. The number of hydrogen-bond acceptors (Lipinski definition) is 4. The molecule has 1 heterocycles.